The van der Waals surface area contributed by atoms with Gasteiger partial charge >= 0.3 is 0 Å². The van der Waals surface area contributed by atoms with Gasteiger partial charge in [0.25, 0.3) is 0 Å². The first-order chi connectivity index (χ1) is 9.08. The van der Waals surface area contributed by atoms with Crippen molar-refractivity contribution < 1.29 is 4.74 Å². The Morgan fingerprint density at radius 2 is 1.74 bits per heavy atom. The van der Waals surface area contributed by atoms with Crippen molar-refractivity contribution in [1.82, 2.24) is 0 Å². The molecule has 0 saturated heterocycles. The third-order valence-electron chi connectivity index (χ3n) is 2.77. The number of para-hydroxylation sites is 1. The number of rotatable bonds is 4. The van der Waals surface area contributed by atoms with E-state index < -0.39 is 0 Å². The second-order valence-corrected chi connectivity index (χ2v) is 5.98. The van der Waals surface area contributed by atoms with E-state index in [1.54, 1.807) is 0 Å². The SMILES string of the molecule is CC(N)C(Oc1ccccc1I)c1ccc(Cl)cc1. The number of ether oxygens (including phenoxy) is 1. The van der Waals surface area contributed by atoms with Gasteiger partial charge in [0.1, 0.15) is 11.9 Å². The quantitative estimate of drug-likeness (QED) is 0.789. The maximum Gasteiger partial charge on any atom is 0.139 e. The lowest BCUT2D eigenvalue weighted by molar-refractivity contribution is 0.179. The largest absolute Gasteiger partial charge is 0.483 e. The van der Waals surface area contributed by atoms with Crippen LogP contribution in [0.5, 0.6) is 5.75 Å². The standard InChI is InChI=1S/C15H15ClINO/c1-10(18)15(11-6-8-12(16)9-7-11)19-14-5-3-2-4-13(14)17/h2-10,15H,18H2,1H3. The minimum absolute atomic E-state index is 0.114. The highest BCUT2D eigenvalue weighted by molar-refractivity contribution is 14.1. The van der Waals surface area contributed by atoms with Crippen LogP contribution in [-0.2, 0) is 0 Å². The van der Waals surface area contributed by atoms with Gasteiger partial charge in [-0.2, -0.15) is 0 Å². The molecule has 0 radical (unpaired) electrons. The topological polar surface area (TPSA) is 35.2 Å². The summed E-state index contributed by atoms with van der Waals surface area (Å²) in [6.07, 6.45) is -0.187. The molecule has 2 aromatic rings. The van der Waals surface area contributed by atoms with Crippen molar-refractivity contribution in [2.75, 3.05) is 0 Å². The Morgan fingerprint density at radius 3 is 2.32 bits per heavy atom. The fourth-order valence-corrected chi connectivity index (χ4v) is 2.45. The zero-order valence-corrected chi connectivity index (χ0v) is 13.4. The van der Waals surface area contributed by atoms with Crippen LogP contribution in [0.2, 0.25) is 5.02 Å². The molecule has 2 aromatic carbocycles. The molecule has 0 aliphatic rings. The van der Waals surface area contributed by atoms with Gasteiger partial charge in [0.15, 0.2) is 0 Å². The summed E-state index contributed by atoms with van der Waals surface area (Å²) in [6.45, 7) is 1.94. The lowest BCUT2D eigenvalue weighted by atomic mass is 10.0. The maximum atomic E-state index is 6.06. The van der Waals surface area contributed by atoms with Gasteiger partial charge in [0.2, 0.25) is 0 Å². The molecule has 2 unspecified atom stereocenters. The number of hydrogen-bond donors (Lipinski definition) is 1. The number of hydrogen-bond acceptors (Lipinski definition) is 2. The smallest absolute Gasteiger partial charge is 0.139 e. The molecule has 0 heterocycles. The lowest BCUT2D eigenvalue weighted by Gasteiger charge is -2.23. The van der Waals surface area contributed by atoms with Crippen LogP contribution in [0.25, 0.3) is 0 Å². The van der Waals surface area contributed by atoms with Crippen LogP contribution in [0.1, 0.15) is 18.6 Å². The summed E-state index contributed by atoms with van der Waals surface area (Å²) in [6, 6.07) is 15.4. The average molecular weight is 388 g/mol. The number of halogens is 2. The first-order valence-corrected chi connectivity index (χ1v) is 7.46. The summed E-state index contributed by atoms with van der Waals surface area (Å²) in [5.74, 6) is 0.848. The van der Waals surface area contributed by atoms with E-state index in [1.165, 1.54) is 0 Å². The summed E-state index contributed by atoms with van der Waals surface area (Å²) in [5.41, 5.74) is 7.07. The van der Waals surface area contributed by atoms with Gasteiger partial charge in [-0.3, -0.25) is 0 Å². The molecule has 19 heavy (non-hydrogen) atoms. The van der Waals surface area contributed by atoms with Gasteiger partial charge in [0, 0.05) is 11.1 Å². The molecule has 2 rings (SSSR count). The van der Waals surface area contributed by atoms with E-state index in [9.17, 15) is 0 Å². The summed E-state index contributed by atoms with van der Waals surface area (Å²) < 4.78 is 7.13. The third-order valence-corrected chi connectivity index (χ3v) is 3.91. The highest BCUT2D eigenvalue weighted by Gasteiger charge is 2.19. The monoisotopic (exact) mass is 387 g/mol. The van der Waals surface area contributed by atoms with E-state index >= 15 is 0 Å². The summed E-state index contributed by atoms with van der Waals surface area (Å²) in [7, 11) is 0. The second-order valence-electron chi connectivity index (χ2n) is 4.38. The highest BCUT2D eigenvalue weighted by Crippen LogP contribution is 2.28. The predicted octanol–water partition coefficient (Wildman–Crippen LogP) is 4.41. The molecule has 0 fully saturated rings. The molecule has 0 saturated carbocycles. The van der Waals surface area contributed by atoms with E-state index in [0.717, 1.165) is 14.9 Å². The molecule has 0 aromatic heterocycles. The summed E-state index contributed by atoms with van der Waals surface area (Å²) in [5, 5.41) is 0.710. The fraction of sp³-hybridized carbons (Fsp3) is 0.200. The summed E-state index contributed by atoms with van der Waals surface area (Å²) in [4.78, 5) is 0. The van der Waals surface area contributed by atoms with E-state index in [-0.39, 0.29) is 12.1 Å². The van der Waals surface area contributed by atoms with Crippen molar-refractivity contribution in [3.63, 3.8) is 0 Å². The Bertz CT molecular complexity index is 542. The first-order valence-electron chi connectivity index (χ1n) is 6.00. The second kappa shape index (κ2) is 6.59. The van der Waals surface area contributed by atoms with E-state index in [4.69, 9.17) is 22.1 Å². The lowest BCUT2D eigenvalue weighted by Crippen LogP contribution is -2.29. The van der Waals surface area contributed by atoms with Crippen LogP contribution in [0.4, 0.5) is 0 Å². The van der Waals surface area contributed by atoms with Crippen molar-refractivity contribution in [1.29, 1.82) is 0 Å². The van der Waals surface area contributed by atoms with Crippen LogP contribution in [0, 0.1) is 3.57 Å². The predicted molar refractivity (Wildman–Crippen MR) is 87.6 cm³/mol. The Balaban J connectivity index is 2.26. The van der Waals surface area contributed by atoms with Crippen LogP contribution in [0.15, 0.2) is 48.5 Å². The van der Waals surface area contributed by atoms with E-state index in [0.29, 0.717) is 5.02 Å². The first kappa shape index (κ1) is 14.6. The molecule has 0 aliphatic heterocycles. The van der Waals surface area contributed by atoms with Crippen molar-refractivity contribution in [3.05, 3.63) is 62.7 Å². The van der Waals surface area contributed by atoms with E-state index in [2.05, 4.69) is 22.6 Å². The van der Waals surface area contributed by atoms with Gasteiger partial charge in [-0.1, -0.05) is 35.9 Å². The molecule has 2 N–H and O–H groups in total. The summed E-state index contributed by atoms with van der Waals surface area (Å²) >= 11 is 8.16. The molecule has 4 heteroatoms. The van der Waals surface area contributed by atoms with Crippen molar-refractivity contribution >= 4 is 34.2 Å². The van der Waals surface area contributed by atoms with Gasteiger partial charge < -0.3 is 10.5 Å². The Labute approximate surface area is 132 Å². The fourth-order valence-electron chi connectivity index (χ4n) is 1.81. The Morgan fingerprint density at radius 1 is 1.11 bits per heavy atom. The molecule has 0 spiro atoms. The third kappa shape index (κ3) is 3.84. The Hall–Kier alpha value is -0.780. The van der Waals surface area contributed by atoms with Gasteiger partial charge in [-0.05, 0) is 59.3 Å². The van der Waals surface area contributed by atoms with Crippen LogP contribution in [-0.4, -0.2) is 6.04 Å². The molecule has 0 aliphatic carbocycles. The van der Waals surface area contributed by atoms with Gasteiger partial charge in [-0.25, -0.2) is 0 Å². The van der Waals surface area contributed by atoms with Crippen LogP contribution in [0.3, 0.4) is 0 Å². The minimum atomic E-state index is -0.187. The molecule has 100 valence electrons. The van der Waals surface area contributed by atoms with Crippen molar-refractivity contribution in [2.45, 2.75) is 19.1 Å². The molecule has 2 nitrogen and oxygen atoms in total. The zero-order chi connectivity index (χ0) is 13.8. The van der Waals surface area contributed by atoms with Crippen LogP contribution < -0.4 is 10.5 Å². The van der Waals surface area contributed by atoms with E-state index in [1.807, 2.05) is 55.5 Å². The van der Waals surface area contributed by atoms with Gasteiger partial charge in [-0.15, -0.1) is 0 Å². The molecule has 0 amide bonds. The highest BCUT2D eigenvalue weighted by atomic mass is 127. The minimum Gasteiger partial charge on any atom is -0.483 e. The normalized spacial score (nSPS) is 13.9. The van der Waals surface area contributed by atoms with Gasteiger partial charge in [0.05, 0.1) is 3.57 Å². The van der Waals surface area contributed by atoms with Crippen molar-refractivity contribution in [2.24, 2.45) is 5.73 Å². The molecular formula is C15H15ClINO. The Kier molecular flexibility index (Phi) is 5.07. The van der Waals surface area contributed by atoms with Crippen molar-refractivity contribution in [3.8, 4) is 5.75 Å². The maximum absolute atomic E-state index is 6.06. The van der Waals surface area contributed by atoms with Crippen LogP contribution >= 0.6 is 34.2 Å². The number of benzene rings is 2. The zero-order valence-electron chi connectivity index (χ0n) is 10.5. The molecular weight excluding hydrogens is 373 g/mol. The number of nitrogens with two attached hydrogens (primary N) is 1. The molecule has 2 atom stereocenters. The molecule has 0 bridgehead atoms. The average Bonchev–Trinajstić information content (AvgIpc) is 2.39.